The number of unbranched alkanes of at least 4 members (excludes halogenated alkanes) is 7. The number of ether oxygens (including phenoxy) is 1. The molecule has 0 unspecified atom stereocenters. The molecular weight excluding hydrogens is 296 g/mol. The Kier molecular flexibility index (Phi) is 12.6. The van der Waals surface area contributed by atoms with Gasteiger partial charge in [-0.05, 0) is 6.42 Å². The zero-order chi connectivity index (χ0) is 15.3. The molecule has 0 bridgehead atoms. The molecule has 0 radical (unpaired) electrons. The standard InChI is InChI=1S/C14H29ClO4Si/c1-17-14(16)12-10-8-6-4-5-7-9-11-13-20(15,18-2)19-3/h4-13H2,1-3H3. The fourth-order valence-electron chi connectivity index (χ4n) is 2.06. The van der Waals surface area contributed by atoms with E-state index in [-0.39, 0.29) is 5.97 Å². The molecule has 0 aliphatic heterocycles. The first-order chi connectivity index (χ1) is 9.58. The van der Waals surface area contributed by atoms with Gasteiger partial charge in [-0.3, -0.25) is 4.79 Å². The van der Waals surface area contributed by atoms with E-state index < -0.39 is 7.87 Å². The van der Waals surface area contributed by atoms with Crippen molar-refractivity contribution in [1.29, 1.82) is 0 Å². The highest BCUT2D eigenvalue weighted by Gasteiger charge is 2.32. The van der Waals surface area contributed by atoms with E-state index in [9.17, 15) is 4.79 Å². The molecule has 0 heterocycles. The van der Waals surface area contributed by atoms with Crippen molar-refractivity contribution >= 4 is 24.9 Å². The Morgan fingerprint density at radius 1 is 0.850 bits per heavy atom. The molecular formula is C14H29ClO4Si. The summed E-state index contributed by atoms with van der Waals surface area (Å²) >= 11 is 6.20. The van der Waals surface area contributed by atoms with Crippen LogP contribution in [0.25, 0.3) is 0 Å². The van der Waals surface area contributed by atoms with E-state index in [1.807, 2.05) is 0 Å². The SMILES string of the molecule is COC(=O)CCCCCCCCCC[Si](Cl)(OC)OC. The van der Waals surface area contributed by atoms with E-state index in [1.165, 1.54) is 39.2 Å². The van der Waals surface area contributed by atoms with Crippen LogP contribution in [-0.2, 0) is 18.4 Å². The Balaban J connectivity index is 3.27. The molecule has 0 aliphatic carbocycles. The summed E-state index contributed by atoms with van der Waals surface area (Å²) in [6.07, 6.45) is 9.75. The van der Waals surface area contributed by atoms with Gasteiger partial charge >= 0.3 is 13.8 Å². The van der Waals surface area contributed by atoms with Crippen molar-refractivity contribution in [3.05, 3.63) is 0 Å². The quantitative estimate of drug-likeness (QED) is 0.221. The zero-order valence-corrected chi connectivity index (χ0v) is 14.8. The van der Waals surface area contributed by atoms with Crippen molar-refractivity contribution in [3.8, 4) is 0 Å². The maximum atomic E-state index is 10.9. The number of carbonyl (C=O) groups excluding carboxylic acids is 1. The number of esters is 1. The first-order valence-electron chi connectivity index (χ1n) is 7.44. The minimum Gasteiger partial charge on any atom is -0.469 e. The lowest BCUT2D eigenvalue weighted by molar-refractivity contribution is -0.140. The average Bonchev–Trinajstić information content (AvgIpc) is 2.48. The van der Waals surface area contributed by atoms with Crippen LogP contribution in [0.4, 0.5) is 0 Å². The van der Waals surface area contributed by atoms with Gasteiger partial charge in [-0.1, -0.05) is 56.0 Å². The molecule has 6 heteroatoms. The third kappa shape index (κ3) is 10.7. The van der Waals surface area contributed by atoms with E-state index >= 15 is 0 Å². The highest BCUT2D eigenvalue weighted by Crippen LogP contribution is 2.21. The topological polar surface area (TPSA) is 44.8 Å². The number of methoxy groups -OCH3 is 1. The minimum absolute atomic E-state index is 0.102. The summed E-state index contributed by atoms with van der Waals surface area (Å²) in [6, 6.07) is 0.848. The third-order valence-corrected chi connectivity index (χ3v) is 7.11. The molecule has 0 N–H and O–H groups in total. The summed E-state index contributed by atoms with van der Waals surface area (Å²) in [7, 11) is 2.31. The summed E-state index contributed by atoms with van der Waals surface area (Å²) in [5, 5.41) is 0. The summed E-state index contributed by atoms with van der Waals surface area (Å²) in [6.45, 7) is 0. The fraction of sp³-hybridized carbons (Fsp3) is 0.929. The van der Waals surface area contributed by atoms with Crippen LogP contribution in [-0.4, -0.2) is 35.2 Å². The molecule has 120 valence electrons. The number of rotatable bonds is 13. The molecule has 0 fully saturated rings. The second-order valence-corrected chi connectivity index (χ2v) is 9.34. The molecule has 0 saturated carbocycles. The first-order valence-corrected chi connectivity index (χ1v) is 10.5. The van der Waals surface area contributed by atoms with Gasteiger partial charge in [0.1, 0.15) is 0 Å². The van der Waals surface area contributed by atoms with Gasteiger partial charge in [0, 0.05) is 26.7 Å². The zero-order valence-electron chi connectivity index (χ0n) is 13.1. The van der Waals surface area contributed by atoms with Gasteiger partial charge in [-0.2, -0.15) is 0 Å². The molecule has 20 heavy (non-hydrogen) atoms. The molecule has 0 amide bonds. The van der Waals surface area contributed by atoms with Crippen molar-refractivity contribution in [1.82, 2.24) is 0 Å². The van der Waals surface area contributed by atoms with Gasteiger partial charge in [-0.25, -0.2) is 0 Å². The lowest BCUT2D eigenvalue weighted by Crippen LogP contribution is -2.32. The number of hydrogen-bond acceptors (Lipinski definition) is 4. The Morgan fingerprint density at radius 2 is 1.30 bits per heavy atom. The minimum atomic E-state index is -2.37. The van der Waals surface area contributed by atoms with Crippen LogP contribution >= 0.6 is 11.1 Å². The average molecular weight is 325 g/mol. The summed E-state index contributed by atoms with van der Waals surface area (Å²) < 4.78 is 15.1. The predicted molar refractivity (Wildman–Crippen MR) is 84.0 cm³/mol. The van der Waals surface area contributed by atoms with Crippen molar-refractivity contribution < 1.29 is 18.4 Å². The van der Waals surface area contributed by atoms with Gasteiger partial charge in [0.25, 0.3) is 0 Å². The number of halogens is 1. The molecule has 0 spiro atoms. The van der Waals surface area contributed by atoms with Crippen LogP contribution < -0.4 is 0 Å². The van der Waals surface area contributed by atoms with Crippen molar-refractivity contribution in [2.45, 2.75) is 63.8 Å². The van der Waals surface area contributed by atoms with Gasteiger partial charge in [0.2, 0.25) is 0 Å². The van der Waals surface area contributed by atoms with Crippen LogP contribution in [0.5, 0.6) is 0 Å². The molecule has 0 aliphatic rings. The fourth-order valence-corrected chi connectivity index (χ4v) is 3.70. The van der Waals surface area contributed by atoms with Gasteiger partial charge in [0.15, 0.2) is 0 Å². The number of carbonyl (C=O) groups is 1. The van der Waals surface area contributed by atoms with Crippen LogP contribution in [0, 0.1) is 0 Å². The monoisotopic (exact) mass is 324 g/mol. The van der Waals surface area contributed by atoms with Crippen LogP contribution in [0.3, 0.4) is 0 Å². The Morgan fingerprint density at radius 3 is 1.75 bits per heavy atom. The van der Waals surface area contributed by atoms with Crippen molar-refractivity contribution in [3.63, 3.8) is 0 Å². The van der Waals surface area contributed by atoms with Crippen LogP contribution in [0.15, 0.2) is 0 Å². The van der Waals surface area contributed by atoms with E-state index in [2.05, 4.69) is 4.74 Å². The van der Waals surface area contributed by atoms with E-state index in [0.29, 0.717) is 6.42 Å². The highest BCUT2D eigenvalue weighted by molar-refractivity contribution is 7.12. The summed E-state index contributed by atoms with van der Waals surface area (Å²) in [5.74, 6) is -0.102. The Bertz CT molecular complexity index is 247. The predicted octanol–water partition coefficient (Wildman–Crippen LogP) is 4.14. The summed E-state index contributed by atoms with van der Waals surface area (Å²) in [5.41, 5.74) is 0. The largest absolute Gasteiger partial charge is 0.469 e. The molecule has 0 aromatic carbocycles. The van der Waals surface area contributed by atoms with Crippen molar-refractivity contribution in [2.75, 3.05) is 21.3 Å². The van der Waals surface area contributed by atoms with Gasteiger partial charge < -0.3 is 13.6 Å². The number of hydrogen-bond donors (Lipinski definition) is 0. The summed E-state index contributed by atoms with van der Waals surface area (Å²) in [4.78, 5) is 10.9. The van der Waals surface area contributed by atoms with Gasteiger partial charge in [0.05, 0.1) is 7.11 Å². The smallest absolute Gasteiger partial charge is 0.442 e. The maximum Gasteiger partial charge on any atom is 0.442 e. The van der Waals surface area contributed by atoms with Crippen LogP contribution in [0.1, 0.15) is 57.8 Å². The van der Waals surface area contributed by atoms with Gasteiger partial charge in [-0.15, -0.1) is 0 Å². The maximum absolute atomic E-state index is 10.9. The molecule has 0 atom stereocenters. The molecule has 0 saturated heterocycles. The Labute approximate surface area is 129 Å². The van der Waals surface area contributed by atoms with E-state index in [1.54, 1.807) is 14.2 Å². The lowest BCUT2D eigenvalue weighted by atomic mass is 10.1. The Hall–Kier alpha value is -0.103. The van der Waals surface area contributed by atoms with E-state index in [4.69, 9.17) is 19.9 Å². The molecule has 4 nitrogen and oxygen atoms in total. The first kappa shape index (κ1) is 19.9. The molecule has 0 aromatic heterocycles. The van der Waals surface area contributed by atoms with E-state index in [0.717, 1.165) is 25.3 Å². The molecule has 0 aromatic rings. The third-order valence-electron chi connectivity index (χ3n) is 3.44. The second-order valence-electron chi connectivity index (χ2n) is 4.97. The lowest BCUT2D eigenvalue weighted by Gasteiger charge is -2.19. The second kappa shape index (κ2) is 12.6. The molecule has 0 rings (SSSR count). The van der Waals surface area contributed by atoms with Crippen LogP contribution in [0.2, 0.25) is 6.04 Å². The highest BCUT2D eigenvalue weighted by atomic mass is 35.6. The van der Waals surface area contributed by atoms with Crippen molar-refractivity contribution in [2.24, 2.45) is 0 Å². The normalized spacial score (nSPS) is 11.6.